The second-order valence-electron chi connectivity index (χ2n) is 8.09. The highest BCUT2D eigenvalue weighted by Gasteiger charge is 2.34. The van der Waals surface area contributed by atoms with Crippen molar-refractivity contribution in [3.05, 3.63) is 102 Å². The Morgan fingerprint density at radius 1 is 0.882 bits per heavy atom. The molecule has 0 bridgehead atoms. The number of carbonyl (C=O) groups excluding carboxylic acids is 1. The Balaban J connectivity index is 1.50. The molecule has 0 saturated heterocycles. The van der Waals surface area contributed by atoms with E-state index in [0.717, 1.165) is 22.8 Å². The molecule has 0 unspecified atom stereocenters. The van der Waals surface area contributed by atoms with Crippen molar-refractivity contribution in [3.8, 4) is 22.3 Å². The fraction of sp³-hybridized carbons (Fsp3) is 0.148. The SMILES string of the molecule is Cc1cccc(-c2ccc(NC(=O)Cc3ccc(-c4ccnc(C)c4)c(C(F)(F)F)c3)nc2)c1. The van der Waals surface area contributed by atoms with Gasteiger partial charge in [0.05, 0.1) is 12.0 Å². The predicted octanol–water partition coefficient (Wildman–Crippen LogP) is 6.63. The van der Waals surface area contributed by atoms with Crippen LogP contribution in [-0.4, -0.2) is 15.9 Å². The number of aromatic nitrogens is 2. The first-order chi connectivity index (χ1) is 16.2. The highest BCUT2D eigenvalue weighted by molar-refractivity contribution is 5.91. The van der Waals surface area contributed by atoms with Crippen molar-refractivity contribution in [2.24, 2.45) is 0 Å². The van der Waals surface area contributed by atoms with Crippen LogP contribution < -0.4 is 5.32 Å². The Labute approximate surface area is 195 Å². The monoisotopic (exact) mass is 461 g/mol. The molecule has 2 heterocycles. The molecule has 0 atom stereocenters. The smallest absolute Gasteiger partial charge is 0.310 e. The second kappa shape index (κ2) is 9.47. The number of amides is 1. The maximum Gasteiger partial charge on any atom is 0.417 e. The summed E-state index contributed by atoms with van der Waals surface area (Å²) in [6, 6.07) is 18.6. The summed E-state index contributed by atoms with van der Waals surface area (Å²) >= 11 is 0. The average Bonchev–Trinajstić information content (AvgIpc) is 2.79. The molecule has 4 rings (SSSR count). The van der Waals surface area contributed by atoms with E-state index in [9.17, 15) is 18.0 Å². The van der Waals surface area contributed by atoms with Crippen LogP contribution in [0.15, 0.2) is 79.1 Å². The van der Waals surface area contributed by atoms with Gasteiger partial charge in [0.1, 0.15) is 5.82 Å². The van der Waals surface area contributed by atoms with Crippen molar-refractivity contribution in [2.75, 3.05) is 5.32 Å². The number of benzene rings is 2. The number of nitrogens with zero attached hydrogens (tertiary/aromatic N) is 2. The van der Waals surface area contributed by atoms with Crippen LogP contribution in [0.5, 0.6) is 0 Å². The standard InChI is InChI=1S/C27H22F3N3O/c1-17-4-3-5-20(12-17)22-7-9-25(32-16-22)33-26(34)15-19-6-8-23(24(14-19)27(28,29)30)21-10-11-31-18(2)13-21/h3-14,16H,15H2,1-2H3,(H,32,33,34). The Kier molecular flexibility index (Phi) is 6.45. The van der Waals surface area contributed by atoms with Gasteiger partial charge in [-0.2, -0.15) is 13.2 Å². The average molecular weight is 461 g/mol. The predicted molar refractivity (Wildman–Crippen MR) is 126 cm³/mol. The van der Waals surface area contributed by atoms with Gasteiger partial charge >= 0.3 is 6.18 Å². The van der Waals surface area contributed by atoms with Crippen molar-refractivity contribution in [2.45, 2.75) is 26.4 Å². The molecular weight excluding hydrogens is 439 g/mol. The van der Waals surface area contributed by atoms with Crippen LogP contribution in [-0.2, 0) is 17.4 Å². The lowest BCUT2D eigenvalue weighted by molar-refractivity contribution is -0.137. The van der Waals surface area contributed by atoms with Gasteiger partial charge in [0.25, 0.3) is 0 Å². The van der Waals surface area contributed by atoms with Gasteiger partial charge in [0, 0.05) is 23.7 Å². The fourth-order valence-electron chi connectivity index (χ4n) is 3.74. The van der Waals surface area contributed by atoms with Gasteiger partial charge in [-0.1, -0.05) is 42.0 Å². The first-order valence-electron chi connectivity index (χ1n) is 10.6. The van der Waals surface area contributed by atoms with Gasteiger partial charge in [-0.05, 0) is 66.4 Å². The molecule has 2 aromatic heterocycles. The van der Waals surface area contributed by atoms with E-state index in [0.29, 0.717) is 17.1 Å². The molecule has 2 aromatic carbocycles. The summed E-state index contributed by atoms with van der Waals surface area (Å²) in [6.45, 7) is 3.72. The van der Waals surface area contributed by atoms with Crippen LogP contribution in [0.4, 0.5) is 19.0 Å². The van der Waals surface area contributed by atoms with E-state index in [1.54, 1.807) is 25.3 Å². The molecule has 0 fully saturated rings. The summed E-state index contributed by atoms with van der Waals surface area (Å²) in [6.07, 6.45) is -1.65. The summed E-state index contributed by atoms with van der Waals surface area (Å²) in [5.41, 5.74) is 3.60. The zero-order valence-electron chi connectivity index (χ0n) is 18.6. The van der Waals surface area contributed by atoms with Crippen LogP contribution in [0, 0.1) is 13.8 Å². The number of anilines is 1. The molecule has 34 heavy (non-hydrogen) atoms. The van der Waals surface area contributed by atoms with Crippen molar-refractivity contribution in [1.82, 2.24) is 9.97 Å². The molecular formula is C27H22F3N3O. The van der Waals surface area contributed by atoms with E-state index < -0.39 is 17.6 Å². The number of hydrogen-bond acceptors (Lipinski definition) is 3. The zero-order valence-corrected chi connectivity index (χ0v) is 18.6. The normalized spacial score (nSPS) is 11.3. The lowest BCUT2D eigenvalue weighted by Gasteiger charge is -2.15. The molecule has 0 aliphatic heterocycles. The molecule has 4 aromatic rings. The molecule has 0 spiro atoms. The molecule has 172 valence electrons. The maximum absolute atomic E-state index is 13.8. The molecule has 1 amide bonds. The number of pyridine rings is 2. The molecule has 0 radical (unpaired) electrons. The first-order valence-corrected chi connectivity index (χ1v) is 10.6. The van der Waals surface area contributed by atoms with E-state index in [2.05, 4.69) is 15.3 Å². The van der Waals surface area contributed by atoms with Crippen LogP contribution in [0.1, 0.15) is 22.4 Å². The third-order valence-electron chi connectivity index (χ3n) is 5.34. The molecule has 7 heteroatoms. The van der Waals surface area contributed by atoms with E-state index in [-0.39, 0.29) is 17.5 Å². The number of carbonyl (C=O) groups is 1. The third kappa shape index (κ3) is 5.49. The molecule has 0 aliphatic carbocycles. The third-order valence-corrected chi connectivity index (χ3v) is 5.34. The van der Waals surface area contributed by atoms with Gasteiger partial charge < -0.3 is 5.32 Å². The molecule has 0 saturated carbocycles. The number of nitrogens with one attached hydrogen (secondary N) is 1. The first kappa shape index (κ1) is 23.2. The molecule has 1 N–H and O–H groups in total. The Hall–Kier alpha value is -4.00. The van der Waals surface area contributed by atoms with E-state index in [1.165, 1.54) is 24.4 Å². The van der Waals surface area contributed by atoms with Crippen LogP contribution in [0.3, 0.4) is 0 Å². The second-order valence-corrected chi connectivity index (χ2v) is 8.09. The summed E-state index contributed by atoms with van der Waals surface area (Å²) in [4.78, 5) is 20.8. The summed E-state index contributed by atoms with van der Waals surface area (Å²) in [5, 5.41) is 2.65. The van der Waals surface area contributed by atoms with E-state index in [1.807, 2.05) is 37.3 Å². The van der Waals surface area contributed by atoms with Crippen LogP contribution in [0.2, 0.25) is 0 Å². The number of rotatable bonds is 5. The van der Waals surface area contributed by atoms with Crippen LogP contribution in [0.25, 0.3) is 22.3 Å². The van der Waals surface area contributed by atoms with Crippen molar-refractivity contribution in [3.63, 3.8) is 0 Å². The zero-order chi connectivity index (χ0) is 24.3. The minimum Gasteiger partial charge on any atom is -0.310 e. The minimum absolute atomic E-state index is 0.0514. The van der Waals surface area contributed by atoms with Gasteiger partial charge in [0.2, 0.25) is 5.91 Å². The van der Waals surface area contributed by atoms with Gasteiger partial charge in [-0.15, -0.1) is 0 Å². The van der Waals surface area contributed by atoms with Gasteiger partial charge in [-0.3, -0.25) is 9.78 Å². The lowest BCUT2D eigenvalue weighted by Crippen LogP contribution is -2.16. The van der Waals surface area contributed by atoms with Crippen LogP contribution >= 0.6 is 0 Å². The van der Waals surface area contributed by atoms with Crippen molar-refractivity contribution >= 4 is 11.7 Å². The summed E-state index contributed by atoms with van der Waals surface area (Å²) < 4.78 is 41.3. The molecule has 4 nitrogen and oxygen atoms in total. The minimum atomic E-state index is -4.56. The van der Waals surface area contributed by atoms with E-state index >= 15 is 0 Å². The Morgan fingerprint density at radius 3 is 2.38 bits per heavy atom. The van der Waals surface area contributed by atoms with Gasteiger partial charge in [0.15, 0.2) is 0 Å². The number of aryl methyl sites for hydroxylation is 2. The highest BCUT2D eigenvalue weighted by Crippen LogP contribution is 2.38. The summed E-state index contributed by atoms with van der Waals surface area (Å²) in [7, 11) is 0. The Bertz CT molecular complexity index is 1330. The fourth-order valence-corrected chi connectivity index (χ4v) is 3.74. The lowest BCUT2D eigenvalue weighted by atomic mass is 9.96. The van der Waals surface area contributed by atoms with E-state index in [4.69, 9.17) is 0 Å². The quantitative estimate of drug-likeness (QED) is 0.363. The summed E-state index contributed by atoms with van der Waals surface area (Å²) in [5.74, 6) is -0.113. The topological polar surface area (TPSA) is 54.9 Å². The molecule has 0 aliphatic rings. The highest BCUT2D eigenvalue weighted by atomic mass is 19.4. The number of hydrogen-bond donors (Lipinski definition) is 1. The number of halogens is 3. The van der Waals surface area contributed by atoms with Crippen molar-refractivity contribution in [1.29, 1.82) is 0 Å². The Morgan fingerprint density at radius 2 is 1.71 bits per heavy atom. The van der Waals surface area contributed by atoms with Gasteiger partial charge in [-0.25, -0.2) is 4.98 Å². The number of alkyl halides is 3. The largest absolute Gasteiger partial charge is 0.417 e. The maximum atomic E-state index is 13.8. The van der Waals surface area contributed by atoms with Crippen molar-refractivity contribution < 1.29 is 18.0 Å².